The molecule has 3 rings (SSSR count). The van der Waals surface area contributed by atoms with Crippen LogP contribution in [-0.2, 0) is 6.54 Å². The number of nitrogens with zero attached hydrogens (tertiary/aromatic N) is 4. The number of rotatable bonds is 3. The highest BCUT2D eigenvalue weighted by Gasteiger charge is 2.18. The van der Waals surface area contributed by atoms with E-state index in [-0.39, 0.29) is 24.0 Å². The lowest BCUT2D eigenvalue weighted by atomic mass is 10.2. The fourth-order valence-electron chi connectivity index (χ4n) is 2.57. The van der Waals surface area contributed by atoms with Crippen LogP contribution in [0, 0.1) is 0 Å². The second-order valence-corrected chi connectivity index (χ2v) is 5.29. The van der Waals surface area contributed by atoms with Crippen LogP contribution in [0.25, 0.3) is 0 Å². The zero-order valence-electron chi connectivity index (χ0n) is 12.4. The maximum Gasteiger partial charge on any atom is 0.191 e. The Morgan fingerprint density at radius 3 is 2.81 bits per heavy atom. The molecule has 1 aromatic rings. The number of nitrogens with one attached hydrogen (secondary N) is 2. The maximum absolute atomic E-state index is 4.58. The number of halogens is 1. The van der Waals surface area contributed by atoms with Gasteiger partial charge >= 0.3 is 0 Å². The summed E-state index contributed by atoms with van der Waals surface area (Å²) in [6, 6.07) is 4.14. The van der Waals surface area contributed by atoms with Crippen molar-refractivity contribution in [1.29, 1.82) is 0 Å². The number of hydrogen-bond donors (Lipinski definition) is 2. The molecule has 0 saturated carbocycles. The van der Waals surface area contributed by atoms with Gasteiger partial charge in [-0.25, -0.2) is 4.98 Å². The van der Waals surface area contributed by atoms with Crippen LogP contribution in [0.1, 0.15) is 5.56 Å². The van der Waals surface area contributed by atoms with Crippen molar-refractivity contribution < 1.29 is 0 Å². The summed E-state index contributed by atoms with van der Waals surface area (Å²) in [4.78, 5) is 13.7. The summed E-state index contributed by atoms with van der Waals surface area (Å²) >= 11 is 0. The van der Waals surface area contributed by atoms with Gasteiger partial charge in [-0.05, 0) is 13.1 Å². The summed E-state index contributed by atoms with van der Waals surface area (Å²) in [7, 11) is 2.17. The SMILES string of the molecule is CN1CCN(c2ncccc2CNC2=NCCN2)CC1.I. The molecule has 0 radical (unpaired) electrons. The van der Waals surface area contributed by atoms with Crippen molar-refractivity contribution in [2.45, 2.75) is 6.54 Å². The van der Waals surface area contributed by atoms with E-state index in [1.165, 1.54) is 5.56 Å². The number of anilines is 1. The van der Waals surface area contributed by atoms with Gasteiger partial charge in [0, 0.05) is 51.0 Å². The third kappa shape index (κ3) is 4.19. The summed E-state index contributed by atoms with van der Waals surface area (Å²) in [5, 5.41) is 6.58. The molecule has 7 heteroatoms. The molecule has 0 spiro atoms. The van der Waals surface area contributed by atoms with Gasteiger partial charge in [0.05, 0.1) is 6.54 Å². The molecular formula is C14H23IN6. The zero-order chi connectivity index (χ0) is 13.8. The molecule has 0 amide bonds. The van der Waals surface area contributed by atoms with Crippen molar-refractivity contribution >= 4 is 35.8 Å². The molecule has 2 aliphatic heterocycles. The minimum Gasteiger partial charge on any atom is -0.355 e. The minimum atomic E-state index is 0. The van der Waals surface area contributed by atoms with Crippen molar-refractivity contribution in [2.75, 3.05) is 51.2 Å². The van der Waals surface area contributed by atoms with Crippen molar-refractivity contribution in [3.63, 3.8) is 0 Å². The lowest BCUT2D eigenvalue weighted by Crippen LogP contribution is -2.45. The maximum atomic E-state index is 4.58. The van der Waals surface area contributed by atoms with E-state index in [0.717, 1.165) is 57.6 Å². The predicted octanol–water partition coefficient (Wildman–Crippen LogP) is 0.500. The number of pyridine rings is 1. The summed E-state index contributed by atoms with van der Waals surface area (Å²) in [6.45, 7) is 6.83. The smallest absolute Gasteiger partial charge is 0.191 e. The normalized spacial score (nSPS) is 18.7. The first-order valence-corrected chi connectivity index (χ1v) is 7.22. The van der Waals surface area contributed by atoms with E-state index in [2.05, 4.69) is 43.5 Å². The summed E-state index contributed by atoms with van der Waals surface area (Å²) in [6.07, 6.45) is 1.88. The molecule has 0 unspecified atom stereocenters. The topological polar surface area (TPSA) is 55.8 Å². The van der Waals surface area contributed by atoms with Crippen LogP contribution in [0.3, 0.4) is 0 Å². The molecule has 0 aromatic carbocycles. The summed E-state index contributed by atoms with van der Waals surface area (Å²) in [5.41, 5.74) is 1.23. The molecule has 1 aromatic heterocycles. The van der Waals surface area contributed by atoms with Gasteiger partial charge in [0.25, 0.3) is 0 Å². The van der Waals surface area contributed by atoms with E-state index in [4.69, 9.17) is 0 Å². The third-order valence-corrected chi connectivity index (χ3v) is 3.79. The van der Waals surface area contributed by atoms with Gasteiger partial charge in [0.1, 0.15) is 5.82 Å². The van der Waals surface area contributed by atoms with Crippen molar-refractivity contribution in [2.24, 2.45) is 4.99 Å². The van der Waals surface area contributed by atoms with Crippen LogP contribution in [0.15, 0.2) is 23.3 Å². The molecule has 0 atom stereocenters. The predicted molar refractivity (Wildman–Crippen MR) is 96.5 cm³/mol. The standard InChI is InChI=1S/C14H22N6.HI/c1-19-7-9-20(10-8-19)13-12(3-2-4-15-13)11-18-14-16-5-6-17-14;/h2-4H,5-11H2,1H3,(H2,16,17,18);1H. The Balaban J connectivity index is 0.00000161. The average molecular weight is 402 g/mol. The molecule has 2 N–H and O–H groups in total. The molecule has 0 bridgehead atoms. The number of piperazine rings is 1. The number of hydrogen-bond acceptors (Lipinski definition) is 6. The monoisotopic (exact) mass is 402 g/mol. The van der Waals surface area contributed by atoms with Gasteiger partial charge in [-0.2, -0.15) is 0 Å². The minimum absolute atomic E-state index is 0. The van der Waals surface area contributed by atoms with Crippen molar-refractivity contribution in [3.8, 4) is 0 Å². The third-order valence-electron chi connectivity index (χ3n) is 3.79. The van der Waals surface area contributed by atoms with Crippen LogP contribution in [0.2, 0.25) is 0 Å². The van der Waals surface area contributed by atoms with Crippen LogP contribution >= 0.6 is 24.0 Å². The lowest BCUT2D eigenvalue weighted by molar-refractivity contribution is 0.312. The Bertz CT molecular complexity index is 484. The van der Waals surface area contributed by atoms with E-state index in [9.17, 15) is 0 Å². The molecule has 2 aliphatic rings. The number of aromatic nitrogens is 1. The summed E-state index contributed by atoms with van der Waals surface area (Å²) in [5.74, 6) is 2.00. The fraction of sp³-hybridized carbons (Fsp3) is 0.571. The van der Waals surface area contributed by atoms with E-state index < -0.39 is 0 Å². The first kappa shape index (κ1) is 16.3. The van der Waals surface area contributed by atoms with E-state index >= 15 is 0 Å². The van der Waals surface area contributed by atoms with Gasteiger partial charge in [0.15, 0.2) is 5.96 Å². The second kappa shape index (κ2) is 7.79. The lowest BCUT2D eigenvalue weighted by Gasteiger charge is -2.34. The van der Waals surface area contributed by atoms with Gasteiger partial charge in [0.2, 0.25) is 0 Å². The fourth-order valence-corrected chi connectivity index (χ4v) is 2.57. The van der Waals surface area contributed by atoms with E-state index in [1.807, 2.05) is 12.3 Å². The molecule has 6 nitrogen and oxygen atoms in total. The van der Waals surface area contributed by atoms with Crippen molar-refractivity contribution in [3.05, 3.63) is 23.9 Å². The van der Waals surface area contributed by atoms with Crippen LogP contribution in [-0.4, -0.2) is 62.2 Å². The molecule has 3 heterocycles. The Kier molecular flexibility index (Phi) is 6.04. The highest BCUT2D eigenvalue weighted by atomic mass is 127. The Morgan fingerprint density at radius 2 is 2.10 bits per heavy atom. The van der Waals surface area contributed by atoms with E-state index in [1.54, 1.807) is 0 Å². The van der Waals surface area contributed by atoms with Gasteiger partial charge in [-0.3, -0.25) is 4.99 Å². The molecule has 116 valence electrons. The second-order valence-electron chi connectivity index (χ2n) is 5.29. The largest absolute Gasteiger partial charge is 0.355 e. The number of guanidine groups is 1. The molecule has 0 aliphatic carbocycles. The Hall–Kier alpha value is -1.09. The number of aliphatic imine (C=N–C) groups is 1. The Labute approximate surface area is 143 Å². The molecular weight excluding hydrogens is 379 g/mol. The van der Waals surface area contributed by atoms with Crippen LogP contribution in [0.5, 0.6) is 0 Å². The van der Waals surface area contributed by atoms with Gasteiger partial charge < -0.3 is 20.4 Å². The van der Waals surface area contributed by atoms with Gasteiger partial charge in [-0.1, -0.05) is 6.07 Å². The molecule has 1 saturated heterocycles. The average Bonchev–Trinajstić information content (AvgIpc) is 3.00. The first-order chi connectivity index (χ1) is 9.83. The summed E-state index contributed by atoms with van der Waals surface area (Å²) < 4.78 is 0. The molecule has 1 fully saturated rings. The van der Waals surface area contributed by atoms with Crippen LogP contribution in [0.4, 0.5) is 5.82 Å². The highest BCUT2D eigenvalue weighted by Crippen LogP contribution is 2.18. The van der Waals surface area contributed by atoms with Gasteiger partial charge in [-0.15, -0.1) is 24.0 Å². The Morgan fingerprint density at radius 1 is 1.29 bits per heavy atom. The van der Waals surface area contributed by atoms with E-state index in [0.29, 0.717) is 0 Å². The van der Waals surface area contributed by atoms with Crippen molar-refractivity contribution in [1.82, 2.24) is 20.5 Å². The van der Waals surface area contributed by atoms with Crippen LogP contribution < -0.4 is 15.5 Å². The quantitative estimate of drug-likeness (QED) is 0.722. The highest BCUT2D eigenvalue weighted by molar-refractivity contribution is 14.0. The molecule has 21 heavy (non-hydrogen) atoms. The number of likely N-dealkylation sites (N-methyl/N-ethyl adjacent to an activating group) is 1. The zero-order valence-corrected chi connectivity index (χ0v) is 14.7. The first-order valence-electron chi connectivity index (χ1n) is 7.22.